The maximum Gasteiger partial charge on any atom is 0.253 e. The van der Waals surface area contributed by atoms with E-state index in [1.165, 1.54) is 12.4 Å². The van der Waals surface area contributed by atoms with Crippen molar-refractivity contribution in [3.05, 3.63) is 35.4 Å². The van der Waals surface area contributed by atoms with Gasteiger partial charge in [0.2, 0.25) is 0 Å². The highest BCUT2D eigenvalue weighted by molar-refractivity contribution is 5.94. The maximum atomic E-state index is 12.0. The van der Waals surface area contributed by atoms with Crippen molar-refractivity contribution in [3.63, 3.8) is 0 Å². The molecule has 0 saturated heterocycles. The van der Waals surface area contributed by atoms with Gasteiger partial charge < -0.3 is 10.4 Å². The molecule has 2 rings (SSSR count). The first-order chi connectivity index (χ1) is 9.70. The summed E-state index contributed by atoms with van der Waals surface area (Å²) in [5.41, 5.74) is 0.920. The van der Waals surface area contributed by atoms with Gasteiger partial charge in [0.1, 0.15) is 6.61 Å². The van der Waals surface area contributed by atoms with Gasteiger partial charge in [-0.25, -0.2) is 0 Å². The lowest BCUT2D eigenvalue weighted by molar-refractivity contribution is 0.0938. The summed E-state index contributed by atoms with van der Waals surface area (Å²) in [7, 11) is 0. The van der Waals surface area contributed by atoms with Gasteiger partial charge in [-0.3, -0.25) is 9.78 Å². The first kappa shape index (κ1) is 13.6. The number of amides is 1. The van der Waals surface area contributed by atoms with Crippen LogP contribution in [0.15, 0.2) is 18.5 Å². The molecule has 20 heavy (non-hydrogen) atoms. The number of pyridine rings is 1. The predicted octanol–water partition coefficient (Wildman–Crippen LogP) is -0.571. The van der Waals surface area contributed by atoms with E-state index in [1.54, 1.807) is 13.0 Å². The molecule has 102 valence electrons. The molecule has 8 nitrogen and oxygen atoms in total. The zero-order valence-corrected chi connectivity index (χ0v) is 10.7. The highest BCUT2D eigenvalue weighted by atomic mass is 16.2. The Balaban J connectivity index is 2.09. The lowest BCUT2D eigenvalue weighted by Crippen LogP contribution is -2.27. The summed E-state index contributed by atoms with van der Waals surface area (Å²) >= 11 is 0. The van der Waals surface area contributed by atoms with Gasteiger partial charge in [-0.1, -0.05) is 17.1 Å². The molecule has 0 radical (unpaired) electrons. The second kappa shape index (κ2) is 6.40. The Morgan fingerprint density at radius 3 is 3.10 bits per heavy atom. The predicted molar refractivity (Wildman–Crippen MR) is 68.3 cm³/mol. The van der Waals surface area contributed by atoms with E-state index >= 15 is 0 Å². The molecular weight excluding hydrogens is 260 g/mol. The summed E-state index contributed by atoms with van der Waals surface area (Å²) in [6.45, 7) is 1.50. The summed E-state index contributed by atoms with van der Waals surface area (Å²) in [5.74, 6) is 5.26. The number of aromatic amines is 1. The van der Waals surface area contributed by atoms with Gasteiger partial charge in [-0.05, 0) is 13.0 Å². The molecule has 0 aliphatic carbocycles. The molecule has 0 saturated carbocycles. The average molecular weight is 272 g/mol. The largest absolute Gasteiger partial charge is 0.384 e. The lowest BCUT2D eigenvalue weighted by atomic mass is 10.2. The molecule has 2 aromatic rings. The molecule has 8 heteroatoms. The molecule has 0 aliphatic heterocycles. The Morgan fingerprint density at radius 1 is 1.55 bits per heavy atom. The van der Waals surface area contributed by atoms with Crippen molar-refractivity contribution in [2.75, 3.05) is 6.61 Å². The standard InChI is InChI=1S/C12H12N6O2/c1-8(11-15-17-18-16-11)14-12(20)10-5-9(3-2-4-19)6-13-7-10/h5-8,19H,4H2,1H3,(H,14,20)(H,15,16,17,18). The number of hydrogen-bond acceptors (Lipinski definition) is 6. The molecule has 2 heterocycles. The lowest BCUT2D eigenvalue weighted by Gasteiger charge is -2.09. The molecule has 0 aliphatic rings. The third-order valence-electron chi connectivity index (χ3n) is 2.41. The molecule has 2 aromatic heterocycles. The zero-order valence-electron chi connectivity index (χ0n) is 10.7. The first-order valence-corrected chi connectivity index (χ1v) is 5.79. The topological polar surface area (TPSA) is 117 Å². The van der Waals surface area contributed by atoms with E-state index in [9.17, 15) is 4.79 Å². The fourth-order valence-corrected chi connectivity index (χ4v) is 1.47. The average Bonchev–Trinajstić information content (AvgIpc) is 2.99. The van der Waals surface area contributed by atoms with E-state index < -0.39 is 0 Å². The van der Waals surface area contributed by atoms with Crippen molar-refractivity contribution in [2.24, 2.45) is 0 Å². The summed E-state index contributed by atoms with van der Waals surface area (Å²) in [5, 5.41) is 24.7. The van der Waals surface area contributed by atoms with Crippen LogP contribution >= 0.6 is 0 Å². The van der Waals surface area contributed by atoms with Gasteiger partial charge in [0.25, 0.3) is 5.91 Å². The number of tetrazole rings is 1. The van der Waals surface area contributed by atoms with Gasteiger partial charge in [0, 0.05) is 18.0 Å². The Kier molecular flexibility index (Phi) is 4.36. The van der Waals surface area contributed by atoms with E-state index in [0.717, 1.165) is 0 Å². The van der Waals surface area contributed by atoms with Crippen LogP contribution in [-0.4, -0.2) is 43.2 Å². The summed E-state index contributed by atoms with van der Waals surface area (Å²) in [6.07, 6.45) is 2.95. The van der Waals surface area contributed by atoms with Crippen LogP contribution < -0.4 is 5.32 Å². The van der Waals surface area contributed by atoms with Gasteiger partial charge in [0.05, 0.1) is 11.6 Å². The highest BCUT2D eigenvalue weighted by Gasteiger charge is 2.15. The van der Waals surface area contributed by atoms with Crippen molar-refractivity contribution in [1.82, 2.24) is 30.9 Å². The molecule has 0 spiro atoms. The number of H-pyrrole nitrogens is 1. The molecule has 3 N–H and O–H groups in total. The number of aliphatic hydroxyl groups is 1. The van der Waals surface area contributed by atoms with Crippen LogP contribution in [0.4, 0.5) is 0 Å². The van der Waals surface area contributed by atoms with Gasteiger partial charge in [-0.2, -0.15) is 5.21 Å². The summed E-state index contributed by atoms with van der Waals surface area (Å²) < 4.78 is 0. The Labute approximate surface area is 114 Å². The normalized spacial score (nSPS) is 11.3. The van der Waals surface area contributed by atoms with Crippen molar-refractivity contribution in [1.29, 1.82) is 0 Å². The van der Waals surface area contributed by atoms with E-state index in [1.807, 2.05) is 0 Å². The smallest absolute Gasteiger partial charge is 0.253 e. The van der Waals surface area contributed by atoms with E-state index in [2.05, 4.69) is 42.8 Å². The fourth-order valence-electron chi connectivity index (χ4n) is 1.47. The Morgan fingerprint density at radius 2 is 2.40 bits per heavy atom. The second-order valence-corrected chi connectivity index (χ2v) is 3.89. The van der Waals surface area contributed by atoms with E-state index in [-0.39, 0.29) is 18.6 Å². The third-order valence-corrected chi connectivity index (χ3v) is 2.41. The molecule has 1 amide bonds. The number of nitrogens with one attached hydrogen (secondary N) is 2. The molecule has 1 atom stereocenters. The summed E-state index contributed by atoms with van der Waals surface area (Å²) in [4.78, 5) is 16.0. The Hall–Kier alpha value is -2.79. The van der Waals surface area contributed by atoms with Gasteiger partial charge >= 0.3 is 0 Å². The maximum absolute atomic E-state index is 12.0. The third kappa shape index (κ3) is 3.37. The SMILES string of the molecule is CC(NC(=O)c1cncc(C#CCO)c1)c1nn[nH]n1. The van der Waals surface area contributed by atoms with Crippen LogP contribution in [-0.2, 0) is 0 Å². The number of aliphatic hydroxyl groups excluding tert-OH is 1. The number of rotatable bonds is 3. The van der Waals surface area contributed by atoms with E-state index in [0.29, 0.717) is 17.0 Å². The minimum Gasteiger partial charge on any atom is -0.384 e. The van der Waals surface area contributed by atoms with Crippen LogP contribution in [0, 0.1) is 11.8 Å². The molecule has 0 bridgehead atoms. The number of carbonyl (C=O) groups is 1. The number of hydrogen-bond donors (Lipinski definition) is 3. The number of nitrogens with zero attached hydrogens (tertiary/aromatic N) is 4. The van der Waals surface area contributed by atoms with Crippen LogP contribution in [0.1, 0.15) is 34.7 Å². The fraction of sp³-hybridized carbons (Fsp3) is 0.250. The van der Waals surface area contributed by atoms with Crippen LogP contribution in [0.5, 0.6) is 0 Å². The second-order valence-electron chi connectivity index (χ2n) is 3.89. The quantitative estimate of drug-likeness (QED) is 0.644. The van der Waals surface area contributed by atoms with E-state index in [4.69, 9.17) is 5.11 Å². The molecule has 1 unspecified atom stereocenters. The van der Waals surface area contributed by atoms with Crippen molar-refractivity contribution >= 4 is 5.91 Å². The van der Waals surface area contributed by atoms with Crippen molar-refractivity contribution in [3.8, 4) is 11.8 Å². The molecule has 0 aromatic carbocycles. The minimum absolute atomic E-state index is 0.245. The van der Waals surface area contributed by atoms with Gasteiger partial charge in [-0.15, -0.1) is 10.2 Å². The van der Waals surface area contributed by atoms with Crippen LogP contribution in [0.3, 0.4) is 0 Å². The summed E-state index contributed by atoms with van der Waals surface area (Å²) in [6, 6.07) is 1.21. The minimum atomic E-state index is -0.381. The van der Waals surface area contributed by atoms with Crippen molar-refractivity contribution < 1.29 is 9.90 Å². The number of aromatic nitrogens is 5. The highest BCUT2D eigenvalue weighted by Crippen LogP contribution is 2.07. The Bertz CT molecular complexity index is 643. The van der Waals surface area contributed by atoms with Crippen LogP contribution in [0.2, 0.25) is 0 Å². The molecular formula is C12H12N6O2. The van der Waals surface area contributed by atoms with Crippen molar-refractivity contribution in [2.45, 2.75) is 13.0 Å². The van der Waals surface area contributed by atoms with Gasteiger partial charge in [0.15, 0.2) is 5.82 Å². The first-order valence-electron chi connectivity index (χ1n) is 5.79. The zero-order chi connectivity index (χ0) is 14.4. The van der Waals surface area contributed by atoms with Crippen LogP contribution in [0.25, 0.3) is 0 Å². The number of carbonyl (C=O) groups excluding carboxylic acids is 1. The molecule has 0 fully saturated rings. The monoisotopic (exact) mass is 272 g/mol.